The van der Waals surface area contributed by atoms with Crippen molar-refractivity contribution in [2.45, 2.75) is 112 Å². The molecule has 0 atom stereocenters. The van der Waals surface area contributed by atoms with Crippen molar-refractivity contribution in [3.63, 3.8) is 0 Å². The summed E-state index contributed by atoms with van der Waals surface area (Å²) in [5.74, 6) is 0.534. The summed E-state index contributed by atoms with van der Waals surface area (Å²) in [7, 11) is -2.97. The number of aryl methyl sites for hydroxylation is 3. The molecule has 3 nitrogen and oxygen atoms in total. The van der Waals surface area contributed by atoms with Crippen LogP contribution in [-0.2, 0) is 19.7 Å². The second-order valence-corrected chi connectivity index (χ2v) is 14.7. The lowest BCUT2D eigenvalue weighted by Crippen LogP contribution is -2.48. The molecule has 0 aliphatic rings. The van der Waals surface area contributed by atoms with Gasteiger partial charge < -0.3 is 13.3 Å². The van der Waals surface area contributed by atoms with Crippen LogP contribution in [0.2, 0.25) is 0 Å². The molecule has 0 aliphatic heterocycles. The van der Waals surface area contributed by atoms with E-state index in [2.05, 4.69) is 65.0 Å². The zero-order chi connectivity index (χ0) is 24.9. The van der Waals surface area contributed by atoms with Crippen molar-refractivity contribution in [2.24, 2.45) is 0 Å². The molecule has 0 bridgehead atoms. The summed E-state index contributed by atoms with van der Waals surface area (Å²) in [5, 5.41) is 0. The van der Waals surface area contributed by atoms with Crippen molar-refractivity contribution in [3.05, 3.63) is 63.7 Å². The van der Waals surface area contributed by atoms with E-state index in [0.717, 1.165) is 11.3 Å². The van der Waals surface area contributed by atoms with Gasteiger partial charge in [0.15, 0.2) is 0 Å². The summed E-state index contributed by atoms with van der Waals surface area (Å²) in [6.07, 6.45) is 1.03. The monoisotopic (exact) mass is 488 g/mol. The molecule has 5 heteroatoms. The number of rotatable bonds is 11. The molecule has 184 valence electrons. The average Bonchev–Trinajstić information content (AvgIpc) is 2.63. The minimum absolute atomic E-state index is 0.0276. The topological polar surface area (TPSA) is 27.7 Å². The Morgan fingerprint density at radius 2 is 1.18 bits per heavy atom. The summed E-state index contributed by atoms with van der Waals surface area (Å²) < 4.78 is 19.1. The van der Waals surface area contributed by atoms with Gasteiger partial charge in [0.2, 0.25) is 0 Å². The minimum Gasteiger partial charge on any atom is -0.363 e. The van der Waals surface area contributed by atoms with E-state index in [1.54, 1.807) is 11.2 Å². The molecule has 2 rings (SSSR count). The summed E-state index contributed by atoms with van der Waals surface area (Å²) in [4.78, 5) is 1.15. The Hall–Kier alpha value is -1.11. The molecule has 0 unspecified atom stereocenters. The first-order valence-corrected chi connectivity index (χ1v) is 15.5. The van der Waals surface area contributed by atoms with Crippen LogP contribution in [0.3, 0.4) is 0 Å². The highest BCUT2D eigenvalue weighted by atomic mass is 32.4. The molecular formula is C28H44O3SSi. The van der Waals surface area contributed by atoms with Crippen molar-refractivity contribution in [2.75, 3.05) is 0 Å². The average molecular weight is 489 g/mol. The molecule has 2 aromatic carbocycles. The fourth-order valence-electron chi connectivity index (χ4n) is 4.08. The highest BCUT2D eigenvalue weighted by Crippen LogP contribution is 2.37. The van der Waals surface area contributed by atoms with Crippen molar-refractivity contribution in [3.8, 4) is 0 Å². The van der Waals surface area contributed by atoms with Crippen molar-refractivity contribution in [1.29, 1.82) is 0 Å². The normalized spacial score (nSPS) is 12.6. The molecule has 0 saturated heterocycles. The highest BCUT2D eigenvalue weighted by Gasteiger charge is 2.46. The molecule has 0 amide bonds. The Balaban J connectivity index is 2.38. The Labute approximate surface area is 207 Å². The number of benzene rings is 2. The van der Waals surface area contributed by atoms with Crippen molar-refractivity contribution >= 4 is 19.2 Å². The maximum atomic E-state index is 6.37. The lowest BCUT2D eigenvalue weighted by molar-refractivity contribution is 0.0245. The fraction of sp³-hybridized carbons (Fsp3) is 0.571. The Morgan fingerprint density at radius 1 is 0.697 bits per heavy atom. The minimum atomic E-state index is -2.97. The van der Waals surface area contributed by atoms with E-state index in [1.807, 2.05) is 41.5 Å². The lowest BCUT2D eigenvalue weighted by Gasteiger charge is -2.33. The fourth-order valence-corrected chi connectivity index (χ4v) is 10.3. The molecule has 0 heterocycles. The Kier molecular flexibility index (Phi) is 10.3. The van der Waals surface area contributed by atoms with Gasteiger partial charge in [0.05, 0.1) is 0 Å². The van der Waals surface area contributed by atoms with E-state index in [-0.39, 0.29) is 18.3 Å². The second-order valence-electron chi connectivity index (χ2n) is 10.2. The first-order chi connectivity index (χ1) is 15.3. The smallest absolute Gasteiger partial charge is 0.363 e. The first-order valence-electron chi connectivity index (χ1n) is 12.2. The molecule has 2 aromatic rings. The maximum Gasteiger partial charge on any atom is 0.578 e. The van der Waals surface area contributed by atoms with E-state index >= 15 is 0 Å². The van der Waals surface area contributed by atoms with Crippen LogP contribution in [0.1, 0.15) is 94.7 Å². The van der Waals surface area contributed by atoms with Gasteiger partial charge in [-0.15, -0.1) is 0 Å². The van der Waals surface area contributed by atoms with Gasteiger partial charge in [-0.1, -0.05) is 43.3 Å². The zero-order valence-electron chi connectivity index (χ0n) is 22.5. The quantitative estimate of drug-likeness (QED) is 0.298. The van der Waals surface area contributed by atoms with Crippen LogP contribution in [0.15, 0.2) is 35.2 Å². The van der Waals surface area contributed by atoms with E-state index in [9.17, 15) is 0 Å². The van der Waals surface area contributed by atoms with Crippen LogP contribution < -0.4 is 0 Å². The van der Waals surface area contributed by atoms with Gasteiger partial charge in [0.1, 0.15) is 0 Å². The van der Waals surface area contributed by atoms with E-state index < -0.39 is 7.95 Å². The highest BCUT2D eigenvalue weighted by molar-refractivity contribution is 8.26. The van der Waals surface area contributed by atoms with Crippen LogP contribution in [0.25, 0.3) is 0 Å². The molecule has 0 N–H and O–H groups in total. The maximum absolute atomic E-state index is 6.37. The molecule has 0 saturated carbocycles. The summed E-state index contributed by atoms with van der Waals surface area (Å²) in [6.45, 7) is 23.4. The SMILES string of the molecule is Cc1ccc(Cc2c(C)cc(S[Si](OC(C)C)(OC(C)C)OC(C)C)cc2C)cc1C(C)C. The Bertz CT molecular complexity index is 872. The van der Waals surface area contributed by atoms with Gasteiger partial charge in [-0.25, -0.2) is 0 Å². The van der Waals surface area contributed by atoms with Crippen LogP contribution in [0.4, 0.5) is 0 Å². The number of hydrogen-bond acceptors (Lipinski definition) is 4. The van der Waals surface area contributed by atoms with Crippen LogP contribution in [-0.4, -0.2) is 26.3 Å². The van der Waals surface area contributed by atoms with Gasteiger partial charge in [0, 0.05) is 23.2 Å². The van der Waals surface area contributed by atoms with E-state index in [0.29, 0.717) is 5.92 Å². The molecule has 33 heavy (non-hydrogen) atoms. The summed E-state index contributed by atoms with van der Waals surface area (Å²) in [5.41, 5.74) is 8.17. The first kappa shape index (κ1) is 28.1. The van der Waals surface area contributed by atoms with E-state index in [4.69, 9.17) is 13.3 Å². The predicted molar refractivity (Wildman–Crippen MR) is 144 cm³/mol. The lowest BCUT2D eigenvalue weighted by atomic mass is 9.91. The van der Waals surface area contributed by atoms with Crippen molar-refractivity contribution < 1.29 is 13.3 Å². The van der Waals surface area contributed by atoms with Gasteiger partial charge in [-0.05, 0) is 120 Å². The zero-order valence-corrected chi connectivity index (χ0v) is 24.4. The summed E-state index contributed by atoms with van der Waals surface area (Å²) >= 11 is 1.65. The molecule has 0 aliphatic carbocycles. The van der Waals surface area contributed by atoms with Crippen molar-refractivity contribution in [1.82, 2.24) is 0 Å². The van der Waals surface area contributed by atoms with Gasteiger partial charge in [-0.3, -0.25) is 0 Å². The van der Waals surface area contributed by atoms with Crippen LogP contribution in [0.5, 0.6) is 0 Å². The standard InChI is InChI=1S/C28H44O3SSi/c1-18(2)27-16-25(13-12-22(27)9)17-28-23(10)14-26(15-24(28)11)32-33(29-19(3)4,30-20(5)6)31-21(7)8/h12-16,18-21H,17H2,1-11H3. The molecule has 0 spiro atoms. The molecule has 0 radical (unpaired) electrons. The van der Waals surface area contributed by atoms with Crippen LogP contribution >= 0.6 is 11.2 Å². The third kappa shape index (κ3) is 8.25. The van der Waals surface area contributed by atoms with Gasteiger partial charge in [-0.2, -0.15) is 0 Å². The summed E-state index contributed by atoms with van der Waals surface area (Å²) in [6, 6.07) is 11.4. The number of hydrogen-bond donors (Lipinski definition) is 0. The van der Waals surface area contributed by atoms with E-state index in [1.165, 1.54) is 33.4 Å². The van der Waals surface area contributed by atoms with Gasteiger partial charge in [0.25, 0.3) is 0 Å². The third-order valence-corrected chi connectivity index (χ3v) is 10.7. The molecule has 0 aromatic heterocycles. The molecular weight excluding hydrogens is 444 g/mol. The molecule has 0 fully saturated rings. The third-order valence-electron chi connectivity index (χ3n) is 5.40. The Morgan fingerprint density at radius 3 is 1.61 bits per heavy atom. The largest absolute Gasteiger partial charge is 0.578 e. The predicted octanol–water partition coefficient (Wildman–Crippen LogP) is 8.13. The second kappa shape index (κ2) is 12.0. The van der Waals surface area contributed by atoms with Crippen LogP contribution in [0, 0.1) is 20.8 Å². The van der Waals surface area contributed by atoms with Gasteiger partial charge >= 0.3 is 7.95 Å².